The molecule has 6 nitrogen and oxygen atoms in total. The number of hydrogen-bond acceptors (Lipinski definition) is 5. The van der Waals surface area contributed by atoms with Crippen molar-refractivity contribution in [1.82, 2.24) is 15.6 Å². The summed E-state index contributed by atoms with van der Waals surface area (Å²) in [4.78, 5) is 19.3. The molecule has 0 radical (unpaired) electrons. The van der Waals surface area contributed by atoms with E-state index in [4.69, 9.17) is 4.42 Å². The summed E-state index contributed by atoms with van der Waals surface area (Å²) < 4.78 is 5.84. The Kier molecular flexibility index (Phi) is 6.14. The number of rotatable bonds is 6. The van der Waals surface area contributed by atoms with Crippen LogP contribution in [0.15, 0.2) is 58.1 Å². The van der Waals surface area contributed by atoms with Gasteiger partial charge in [-0.3, -0.25) is 4.90 Å². The van der Waals surface area contributed by atoms with Gasteiger partial charge in [0.05, 0.1) is 6.20 Å². The normalized spacial score (nSPS) is 16.7. The first-order valence-corrected chi connectivity index (χ1v) is 10.1. The third kappa shape index (κ3) is 4.78. The van der Waals surface area contributed by atoms with Crippen LogP contribution in [-0.2, 0) is 5.41 Å². The van der Waals surface area contributed by atoms with E-state index < -0.39 is 0 Å². The van der Waals surface area contributed by atoms with Crippen molar-refractivity contribution in [2.45, 2.75) is 38.1 Å². The molecule has 28 heavy (non-hydrogen) atoms. The van der Waals surface area contributed by atoms with Crippen LogP contribution < -0.4 is 15.5 Å². The standard InChI is InChI=1S/C21H26N4O2S/c1-5-21(2,3)17-14-22-18(27-17)12-11-16-13-23-19(28-16)24-20(26)25(4)15-9-7-6-8-10-15/h6-14,19,23H,5H2,1-4H3,(H,24,26)/b12-11+. The number of allylic oxidation sites excluding steroid dienone is 1. The van der Waals surface area contributed by atoms with Crippen LogP contribution in [-0.4, -0.2) is 23.6 Å². The second-order valence-corrected chi connectivity index (χ2v) is 8.37. The van der Waals surface area contributed by atoms with Gasteiger partial charge in [0.25, 0.3) is 0 Å². The lowest BCUT2D eigenvalue weighted by atomic mass is 9.88. The zero-order chi connectivity index (χ0) is 20.1. The first kappa shape index (κ1) is 20.1. The van der Waals surface area contributed by atoms with E-state index in [2.05, 4.69) is 36.4 Å². The van der Waals surface area contributed by atoms with Crippen LogP contribution >= 0.6 is 11.8 Å². The molecule has 0 bridgehead atoms. The van der Waals surface area contributed by atoms with Crippen molar-refractivity contribution in [1.29, 1.82) is 0 Å². The molecule has 2 amide bonds. The molecule has 7 heteroatoms. The molecule has 3 rings (SSSR count). The molecule has 0 saturated carbocycles. The van der Waals surface area contributed by atoms with Crippen molar-refractivity contribution in [2.75, 3.05) is 11.9 Å². The van der Waals surface area contributed by atoms with Gasteiger partial charge >= 0.3 is 6.03 Å². The number of hydrogen-bond donors (Lipinski definition) is 2. The van der Waals surface area contributed by atoms with E-state index in [0.717, 1.165) is 22.8 Å². The van der Waals surface area contributed by atoms with Gasteiger partial charge in [0.2, 0.25) is 5.89 Å². The highest BCUT2D eigenvalue weighted by Gasteiger charge is 2.23. The van der Waals surface area contributed by atoms with Crippen molar-refractivity contribution < 1.29 is 9.21 Å². The average molecular weight is 399 g/mol. The lowest BCUT2D eigenvalue weighted by Gasteiger charge is -2.21. The molecule has 1 aliphatic heterocycles. The second kappa shape index (κ2) is 8.56. The summed E-state index contributed by atoms with van der Waals surface area (Å²) in [6.07, 6.45) is 8.42. The summed E-state index contributed by atoms with van der Waals surface area (Å²) in [5.74, 6) is 1.46. The van der Waals surface area contributed by atoms with E-state index in [1.165, 1.54) is 11.8 Å². The van der Waals surface area contributed by atoms with Crippen molar-refractivity contribution in [3.63, 3.8) is 0 Å². The minimum atomic E-state index is -0.225. The number of carbonyl (C=O) groups excluding carboxylic acids is 1. The largest absolute Gasteiger partial charge is 0.441 e. The van der Waals surface area contributed by atoms with Crippen LogP contribution in [0, 0.1) is 0 Å². The quantitative estimate of drug-likeness (QED) is 0.739. The van der Waals surface area contributed by atoms with Crippen molar-refractivity contribution in [3.8, 4) is 0 Å². The zero-order valence-electron chi connectivity index (χ0n) is 16.6. The molecule has 0 spiro atoms. The summed E-state index contributed by atoms with van der Waals surface area (Å²) >= 11 is 1.52. The Balaban J connectivity index is 1.53. The third-order valence-electron chi connectivity index (χ3n) is 4.80. The number of nitrogens with zero attached hydrogens (tertiary/aromatic N) is 2. The third-order valence-corrected chi connectivity index (χ3v) is 5.81. The van der Waals surface area contributed by atoms with E-state index in [0.29, 0.717) is 5.89 Å². The molecule has 0 aliphatic carbocycles. The Morgan fingerprint density at radius 3 is 2.82 bits per heavy atom. The van der Waals surface area contributed by atoms with E-state index >= 15 is 0 Å². The molecule has 2 N–H and O–H groups in total. The number of aromatic nitrogens is 1. The average Bonchev–Trinajstić information content (AvgIpc) is 3.36. The van der Waals surface area contributed by atoms with Gasteiger partial charge in [0.15, 0.2) is 5.50 Å². The molecule has 1 atom stereocenters. The summed E-state index contributed by atoms with van der Waals surface area (Å²) in [5, 5.41) is 6.11. The van der Waals surface area contributed by atoms with Gasteiger partial charge in [-0.15, -0.1) is 0 Å². The predicted octanol–water partition coefficient (Wildman–Crippen LogP) is 4.68. The summed E-state index contributed by atoms with van der Waals surface area (Å²) in [6.45, 7) is 6.41. The summed E-state index contributed by atoms with van der Waals surface area (Å²) in [5.41, 5.74) is 0.588. The number of para-hydroxylation sites is 1. The number of thioether (sulfide) groups is 1. The fraction of sp³-hybridized carbons (Fsp3) is 0.333. The second-order valence-electron chi connectivity index (χ2n) is 7.19. The lowest BCUT2D eigenvalue weighted by Crippen LogP contribution is -2.45. The number of amides is 2. The van der Waals surface area contributed by atoms with Gasteiger partial charge in [-0.25, -0.2) is 9.78 Å². The number of carbonyl (C=O) groups is 1. The number of urea groups is 1. The van der Waals surface area contributed by atoms with Crippen LogP contribution in [0.2, 0.25) is 0 Å². The van der Waals surface area contributed by atoms with Crippen molar-refractivity contribution >= 4 is 29.6 Å². The van der Waals surface area contributed by atoms with Crippen LogP contribution in [0.3, 0.4) is 0 Å². The van der Waals surface area contributed by atoms with Crippen molar-refractivity contribution in [3.05, 3.63) is 65.4 Å². The minimum absolute atomic E-state index is 0.0256. The monoisotopic (exact) mass is 398 g/mol. The highest BCUT2D eigenvalue weighted by atomic mass is 32.2. The van der Waals surface area contributed by atoms with Gasteiger partial charge in [-0.05, 0) is 24.6 Å². The SMILES string of the molecule is CCC(C)(C)c1cnc(/C=C/C2=CNC(NC(=O)N(C)c3ccccc3)S2)o1. The summed E-state index contributed by atoms with van der Waals surface area (Å²) in [7, 11) is 1.75. The van der Waals surface area contributed by atoms with Gasteiger partial charge in [-0.1, -0.05) is 50.7 Å². The van der Waals surface area contributed by atoms with Gasteiger partial charge in [0, 0.05) is 35.3 Å². The van der Waals surface area contributed by atoms with Crippen LogP contribution in [0.4, 0.5) is 10.5 Å². The highest BCUT2D eigenvalue weighted by Crippen LogP contribution is 2.29. The van der Waals surface area contributed by atoms with Crippen LogP contribution in [0.1, 0.15) is 38.8 Å². The molecule has 0 saturated heterocycles. The molecule has 1 aliphatic rings. The van der Waals surface area contributed by atoms with Gasteiger partial charge in [-0.2, -0.15) is 0 Å². The fourth-order valence-corrected chi connectivity index (χ4v) is 3.35. The smallest absolute Gasteiger partial charge is 0.323 e. The number of nitrogens with one attached hydrogen (secondary N) is 2. The number of oxazole rings is 1. The van der Waals surface area contributed by atoms with Crippen LogP contribution in [0.5, 0.6) is 0 Å². The Labute approximate surface area is 170 Å². The van der Waals surface area contributed by atoms with E-state index in [1.807, 2.05) is 48.7 Å². The molecule has 2 aromatic rings. The zero-order valence-corrected chi connectivity index (χ0v) is 17.4. The van der Waals surface area contributed by atoms with Crippen LogP contribution in [0.25, 0.3) is 6.08 Å². The summed E-state index contributed by atoms with van der Waals surface area (Å²) in [6, 6.07) is 9.35. The van der Waals surface area contributed by atoms with Gasteiger partial charge in [0.1, 0.15) is 5.76 Å². The van der Waals surface area contributed by atoms with E-state index in [-0.39, 0.29) is 16.9 Å². The maximum absolute atomic E-state index is 12.4. The maximum Gasteiger partial charge on any atom is 0.323 e. The molecule has 148 valence electrons. The fourth-order valence-electron chi connectivity index (χ4n) is 2.50. The Hall–Kier alpha value is -2.67. The molecule has 1 unspecified atom stereocenters. The van der Waals surface area contributed by atoms with E-state index in [1.54, 1.807) is 18.1 Å². The Morgan fingerprint density at radius 1 is 1.36 bits per heavy atom. The Bertz CT molecular complexity index is 874. The lowest BCUT2D eigenvalue weighted by molar-refractivity contribution is 0.246. The maximum atomic E-state index is 12.4. The highest BCUT2D eigenvalue weighted by molar-refractivity contribution is 8.04. The van der Waals surface area contributed by atoms with Gasteiger partial charge < -0.3 is 15.1 Å². The topological polar surface area (TPSA) is 70.4 Å². The molecule has 0 fully saturated rings. The predicted molar refractivity (Wildman–Crippen MR) is 115 cm³/mol. The van der Waals surface area contributed by atoms with E-state index in [9.17, 15) is 4.79 Å². The molecular formula is C21H26N4O2S. The molecule has 1 aromatic heterocycles. The molecule has 1 aromatic carbocycles. The number of anilines is 1. The molecular weight excluding hydrogens is 372 g/mol. The Morgan fingerprint density at radius 2 is 2.11 bits per heavy atom. The first-order chi connectivity index (χ1) is 13.4. The first-order valence-electron chi connectivity index (χ1n) is 9.25. The number of benzene rings is 1. The minimum Gasteiger partial charge on any atom is -0.441 e. The van der Waals surface area contributed by atoms with Crippen molar-refractivity contribution in [2.24, 2.45) is 0 Å². The molecule has 2 heterocycles.